The number of H-pyrrole nitrogens is 1. The van der Waals surface area contributed by atoms with Gasteiger partial charge >= 0.3 is 0 Å². The van der Waals surface area contributed by atoms with E-state index in [0.29, 0.717) is 27.4 Å². The Balaban J connectivity index is 1.44. The van der Waals surface area contributed by atoms with E-state index in [9.17, 15) is 4.79 Å². The van der Waals surface area contributed by atoms with E-state index in [1.165, 1.54) is 16.4 Å². The molecule has 0 aliphatic carbocycles. The van der Waals surface area contributed by atoms with Crippen LogP contribution in [-0.4, -0.2) is 36.7 Å². The second kappa shape index (κ2) is 8.83. The molecule has 10 heteroatoms. The van der Waals surface area contributed by atoms with Crippen LogP contribution in [0.25, 0.3) is 22.8 Å². The van der Waals surface area contributed by atoms with Gasteiger partial charge in [0.15, 0.2) is 0 Å². The van der Waals surface area contributed by atoms with Gasteiger partial charge in [-0.05, 0) is 37.1 Å². The minimum absolute atomic E-state index is 0.108. The molecule has 0 aliphatic rings. The molecule has 0 unspecified atom stereocenters. The lowest BCUT2D eigenvalue weighted by molar-refractivity contribution is -0.113. The molecule has 31 heavy (non-hydrogen) atoms. The minimum Gasteiger partial charge on any atom is -0.335 e. The molecular weight excluding hydrogens is 434 g/mol. The van der Waals surface area contributed by atoms with Crippen LogP contribution in [0, 0.1) is 13.8 Å². The first-order valence-corrected chi connectivity index (χ1v) is 10.8. The van der Waals surface area contributed by atoms with E-state index in [1.54, 1.807) is 0 Å². The molecule has 4 rings (SSSR count). The molecule has 8 nitrogen and oxygen atoms in total. The van der Waals surface area contributed by atoms with Gasteiger partial charge in [-0.2, -0.15) is 5.10 Å². The summed E-state index contributed by atoms with van der Waals surface area (Å²) >= 11 is 7.44. The first kappa shape index (κ1) is 21.0. The molecule has 0 spiro atoms. The molecule has 0 saturated carbocycles. The van der Waals surface area contributed by atoms with Gasteiger partial charge in [0.2, 0.25) is 16.9 Å². The predicted molar refractivity (Wildman–Crippen MR) is 123 cm³/mol. The van der Waals surface area contributed by atoms with Crippen molar-refractivity contribution < 1.29 is 4.79 Å². The number of carbonyl (C=O) groups is 1. The van der Waals surface area contributed by atoms with E-state index in [2.05, 4.69) is 25.7 Å². The largest absolute Gasteiger partial charge is 0.335 e. The van der Waals surface area contributed by atoms with E-state index in [0.717, 1.165) is 22.4 Å². The highest BCUT2D eigenvalue weighted by Gasteiger charge is 2.17. The normalized spacial score (nSPS) is 10.9. The number of amides is 1. The first-order chi connectivity index (χ1) is 14.9. The van der Waals surface area contributed by atoms with Crippen LogP contribution in [0.15, 0.2) is 53.7 Å². The highest BCUT2D eigenvalue weighted by molar-refractivity contribution is 7.99. The lowest BCUT2D eigenvalue weighted by Gasteiger charge is -2.11. The van der Waals surface area contributed by atoms with Gasteiger partial charge in [0.25, 0.3) is 0 Å². The van der Waals surface area contributed by atoms with Crippen molar-refractivity contribution in [2.45, 2.75) is 19.0 Å². The molecule has 2 aromatic heterocycles. The quantitative estimate of drug-likeness (QED) is 0.299. The standard InChI is InChI=1S/C21H20ClN7OS/c1-12-8-13(2)19(15(22)9-12)24-18(30)11-31-21-28-27-20(29(21)23)17-10-16(25-26-17)14-6-4-3-5-7-14/h3-10H,11,23H2,1-2H3,(H,24,30)(H,25,26). The Morgan fingerprint density at radius 1 is 1.19 bits per heavy atom. The van der Waals surface area contributed by atoms with Gasteiger partial charge in [0, 0.05) is 5.56 Å². The number of anilines is 1. The predicted octanol–water partition coefficient (Wildman–Crippen LogP) is 4.05. The van der Waals surface area contributed by atoms with Crippen LogP contribution in [0.2, 0.25) is 5.02 Å². The SMILES string of the molecule is Cc1cc(C)c(NC(=O)CSc2nnc(-c3cc(-c4ccccc4)n[nH]3)n2N)c(Cl)c1. The number of nitrogens with zero attached hydrogens (tertiary/aromatic N) is 4. The number of nitrogens with two attached hydrogens (primary N) is 1. The van der Waals surface area contributed by atoms with Gasteiger partial charge in [0.05, 0.1) is 22.2 Å². The first-order valence-electron chi connectivity index (χ1n) is 9.43. The number of aryl methyl sites for hydroxylation is 2. The van der Waals surface area contributed by atoms with Gasteiger partial charge in [0.1, 0.15) is 5.69 Å². The molecule has 158 valence electrons. The van der Waals surface area contributed by atoms with Crippen molar-refractivity contribution in [2.75, 3.05) is 16.9 Å². The summed E-state index contributed by atoms with van der Waals surface area (Å²) in [6.45, 7) is 3.85. The van der Waals surface area contributed by atoms with Crippen LogP contribution in [0.1, 0.15) is 11.1 Å². The van der Waals surface area contributed by atoms with Crippen LogP contribution in [0.5, 0.6) is 0 Å². The molecule has 4 aromatic rings. The number of carbonyl (C=O) groups excluding carboxylic acids is 1. The average Bonchev–Trinajstić information content (AvgIpc) is 3.36. The number of thioether (sulfide) groups is 1. The molecular formula is C21H20ClN7OS. The smallest absolute Gasteiger partial charge is 0.234 e. The Hall–Kier alpha value is -3.30. The summed E-state index contributed by atoms with van der Waals surface area (Å²) in [5.74, 6) is 6.48. The highest BCUT2D eigenvalue weighted by atomic mass is 35.5. The number of halogens is 1. The third kappa shape index (κ3) is 4.57. The van der Waals surface area contributed by atoms with Crippen LogP contribution in [0.3, 0.4) is 0 Å². The van der Waals surface area contributed by atoms with E-state index in [1.807, 2.05) is 62.4 Å². The zero-order chi connectivity index (χ0) is 22.0. The fourth-order valence-electron chi connectivity index (χ4n) is 3.13. The van der Waals surface area contributed by atoms with E-state index < -0.39 is 0 Å². The maximum atomic E-state index is 12.4. The Bertz CT molecular complexity index is 1210. The Kier molecular flexibility index (Phi) is 5.97. The van der Waals surface area contributed by atoms with Crippen molar-refractivity contribution in [1.29, 1.82) is 0 Å². The fraction of sp³-hybridized carbons (Fsp3) is 0.143. The van der Waals surface area contributed by atoms with Crippen molar-refractivity contribution in [2.24, 2.45) is 0 Å². The molecule has 4 N–H and O–H groups in total. The number of hydrogen-bond acceptors (Lipinski definition) is 6. The van der Waals surface area contributed by atoms with E-state index >= 15 is 0 Å². The van der Waals surface area contributed by atoms with Crippen molar-refractivity contribution in [3.63, 3.8) is 0 Å². The van der Waals surface area contributed by atoms with Crippen molar-refractivity contribution >= 4 is 35.0 Å². The molecule has 0 radical (unpaired) electrons. The number of nitrogens with one attached hydrogen (secondary N) is 2. The molecule has 0 bridgehead atoms. The number of benzene rings is 2. The van der Waals surface area contributed by atoms with Crippen LogP contribution in [-0.2, 0) is 4.79 Å². The average molecular weight is 454 g/mol. The Morgan fingerprint density at radius 2 is 1.97 bits per heavy atom. The maximum Gasteiger partial charge on any atom is 0.234 e. The van der Waals surface area contributed by atoms with Crippen molar-refractivity contribution in [3.8, 4) is 22.8 Å². The minimum atomic E-state index is -0.212. The Labute approximate surface area is 188 Å². The second-order valence-electron chi connectivity index (χ2n) is 6.98. The lowest BCUT2D eigenvalue weighted by atomic mass is 10.1. The molecule has 0 aliphatic heterocycles. The monoisotopic (exact) mass is 453 g/mol. The Morgan fingerprint density at radius 3 is 2.71 bits per heavy atom. The van der Waals surface area contributed by atoms with Crippen molar-refractivity contribution in [3.05, 3.63) is 64.7 Å². The maximum absolute atomic E-state index is 12.4. The third-order valence-electron chi connectivity index (χ3n) is 4.58. The van der Waals surface area contributed by atoms with Crippen molar-refractivity contribution in [1.82, 2.24) is 25.1 Å². The van der Waals surface area contributed by atoms with E-state index in [4.69, 9.17) is 17.4 Å². The second-order valence-corrected chi connectivity index (χ2v) is 8.33. The van der Waals surface area contributed by atoms with Gasteiger partial charge in [-0.3, -0.25) is 9.89 Å². The molecule has 2 heterocycles. The molecule has 1 amide bonds. The van der Waals surface area contributed by atoms with Gasteiger partial charge < -0.3 is 11.2 Å². The molecule has 0 atom stereocenters. The van der Waals surface area contributed by atoms with Crippen LogP contribution in [0.4, 0.5) is 5.69 Å². The summed E-state index contributed by atoms with van der Waals surface area (Å²) in [6, 6.07) is 15.4. The summed E-state index contributed by atoms with van der Waals surface area (Å²) in [5.41, 5.74) is 4.93. The summed E-state index contributed by atoms with van der Waals surface area (Å²) in [6.07, 6.45) is 0. The molecule has 0 saturated heterocycles. The van der Waals surface area contributed by atoms with Gasteiger partial charge in [-0.15, -0.1) is 10.2 Å². The van der Waals surface area contributed by atoms with Gasteiger partial charge in [-0.1, -0.05) is 59.8 Å². The lowest BCUT2D eigenvalue weighted by Crippen LogP contribution is -2.17. The van der Waals surface area contributed by atoms with Crippen LogP contribution >= 0.6 is 23.4 Å². The summed E-state index contributed by atoms with van der Waals surface area (Å²) in [5, 5.41) is 19.2. The fourth-order valence-corrected chi connectivity index (χ4v) is 4.16. The number of aromatic nitrogens is 5. The highest BCUT2D eigenvalue weighted by Crippen LogP contribution is 2.28. The number of aromatic amines is 1. The zero-order valence-corrected chi connectivity index (χ0v) is 18.5. The number of rotatable bonds is 6. The summed E-state index contributed by atoms with van der Waals surface area (Å²) < 4.78 is 1.34. The molecule has 0 fully saturated rings. The van der Waals surface area contributed by atoms with E-state index in [-0.39, 0.29) is 11.7 Å². The van der Waals surface area contributed by atoms with Gasteiger partial charge in [-0.25, -0.2) is 4.68 Å². The summed E-state index contributed by atoms with van der Waals surface area (Å²) in [7, 11) is 0. The van der Waals surface area contributed by atoms with Crippen LogP contribution < -0.4 is 11.2 Å². The number of hydrogen-bond donors (Lipinski definition) is 3. The molecule has 2 aromatic carbocycles. The third-order valence-corrected chi connectivity index (χ3v) is 5.82. The number of nitrogen functional groups attached to an aromatic ring is 1. The topological polar surface area (TPSA) is 115 Å². The zero-order valence-electron chi connectivity index (χ0n) is 16.9. The summed E-state index contributed by atoms with van der Waals surface area (Å²) in [4.78, 5) is 12.4.